The highest BCUT2D eigenvalue weighted by atomic mass is 32.2. The number of unbranched alkanes of at least 4 members (excludes halogenated alkanes) is 1. The molecule has 5 aromatic carbocycles. The lowest BCUT2D eigenvalue weighted by molar-refractivity contribution is -0.127. The van der Waals surface area contributed by atoms with Crippen LogP contribution >= 0.6 is 0 Å². The summed E-state index contributed by atoms with van der Waals surface area (Å²) in [5, 5.41) is 3.30. The fourth-order valence-electron chi connectivity index (χ4n) is 9.85. The molecule has 2 heterocycles. The zero-order valence-electron chi connectivity index (χ0n) is 34.7. The zero-order chi connectivity index (χ0) is 42.0. The summed E-state index contributed by atoms with van der Waals surface area (Å²) in [5.74, 6) is 0.330. The Balaban J connectivity index is 1.07. The maximum absolute atomic E-state index is 14.6. The van der Waals surface area contributed by atoms with Gasteiger partial charge >= 0.3 is 6.09 Å². The largest absolute Gasteiger partial charge is 0.457 e. The minimum atomic E-state index is -4.03. The van der Waals surface area contributed by atoms with Crippen LogP contribution in [0.2, 0.25) is 0 Å². The summed E-state index contributed by atoms with van der Waals surface area (Å²) in [7, 11) is -2.34. The number of aryl methyl sites for hydroxylation is 3. The Bertz CT molecular complexity index is 2410. The van der Waals surface area contributed by atoms with Crippen molar-refractivity contribution in [2.24, 2.45) is 5.92 Å². The number of sulfonamides is 1. The summed E-state index contributed by atoms with van der Waals surface area (Å²) in [6, 6.07) is 35.1. The van der Waals surface area contributed by atoms with Crippen LogP contribution in [0.25, 0.3) is 11.1 Å². The van der Waals surface area contributed by atoms with Crippen molar-refractivity contribution in [3.05, 3.63) is 148 Å². The molecule has 2 atom stereocenters. The third-order valence-corrected chi connectivity index (χ3v) is 14.2. The van der Waals surface area contributed by atoms with Gasteiger partial charge in [-0.3, -0.25) is 4.79 Å². The number of hydrogen-bond acceptors (Lipinski definition) is 7. The van der Waals surface area contributed by atoms with Crippen LogP contribution in [0, 0.1) is 26.7 Å². The van der Waals surface area contributed by atoms with E-state index in [0.29, 0.717) is 17.7 Å². The number of para-hydroxylation sites is 2. The number of piperidine rings is 1. The number of carbonyl (C=O) groups is 2. The molecule has 0 aromatic heterocycles. The third kappa shape index (κ3) is 8.06. The molecule has 2 N–H and O–H groups in total. The second-order valence-electron chi connectivity index (χ2n) is 16.5. The van der Waals surface area contributed by atoms with E-state index in [1.54, 1.807) is 21.0 Å². The molecule has 2 unspecified atom stereocenters. The molecule has 1 fully saturated rings. The molecule has 3 aliphatic rings. The van der Waals surface area contributed by atoms with Gasteiger partial charge in [0.25, 0.3) is 0 Å². The first-order valence-electron chi connectivity index (χ1n) is 20.8. The van der Waals surface area contributed by atoms with Gasteiger partial charge in [0.1, 0.15) is 18.1 Å². The molecule has 312 valence electrons. The van der Waals surface area contributed by atoms with E-state index < -0.39 is 33.5 Å². The molecule has 0 saturated carbocycles. The highest BCUT2D eigenvalue weighted by Crippen LogP contribution is 2.50. The van der Waals surface area contributed by atoms with Gasteiger partial charge in [-0.2, -0.15) is 0 Å². The molecule has 10 nitrogen and oxygen atoms in total. The van der Waals surface area contributed by atoms with Crippen molar-refractivity contribution < 1.29 is 32.2 Å². The Morgan fingerprint density at radius 3 is 2.00 bits per heavy atom. The monoisotopic (exact) mass is 827 g/mol. The van der Waals surface area contributed by atoms with Crippen LogP contribution in [0.15, 0.2) is 114 Å². The van der Waals surface area contributed by atoms with Crippen LogP contribution in [0.4, 0.5) is 4.79 Å². The molecule has 60 heavy (non-hydrogen) atoms. The molecule has 0 bridgehead atoms. The Hall–Kier alpha value is -5.49. The third-order valence-electron chi connectivity index (χ3n) is 12.4. The van der Waals surface area contributed by atoms with E-state index in [-0.39, 0.29) is 49.4 Å². The number of hydrogen-bond donors (Lipinski definition) is 2. The van der Waals surface area contributed by atoms with Crippen molar-refractivity contribution in [1.29, 1.82) is 0 Å². The quantitative estimate of drug-likeness (QED) is 0.114. The van der Waals surface area contributed by atoms with E-state index in [4.69, 9.17) is 14.2 Å². The fraction of sp³-hybridized carbons (Fsp3) is 0.347. The summed E-state index contributed by atoms with van der Waals surface area (Å²) in [6.07, 6.45) is 2.01. The average molecular weight is 828 g/mol. The molecule has 1 aliphatic carbocycles. The first-order chi connectivity index (χ1) is 29.0. The van der Waals surface area contributed by atoms with Crippen molar-refractivity contribution in [3.63, 3.8) is 0 Å². The lowest BCUT2D eigenvalue weighted by atomic mass is 9.69. The molecule has 2 amide bonds. The Kier molecular flexibility index (Phi) is 11.9. The van der Waals surface area contributed by atoms with Crippen LogP contribution in [0.5, 0.6) is 11.5 Å². The maximum Gasteiger partial charge on any atom is 0.409 e. The zero-order valence-corrected chi connectivity index (χ0v) is 35.5. The Morgan fingerprint density at radius 2 is 1.38 bits per heavy atom. The summed E-state index contributed by atoms with van der Waals surface area (Å²) in [4.78, 5) is 30.4. The number of rotatable bonds is 13. The van der Waals surface area contributed by atoms with Crippen molar-refractivity contribution in [2.45, 2.75) is 68.7 Å². The number of methoxy groups -OCH3 is 1. The maximum atomic E-state index is 14.6. The average Bonchev–Trinajstić information content (AvgIpc) is 3.55. The van der Waals surface area contributed by atoms with Crippen LogP contribution in [0.1, 0.15) is 70.5 Å². The SMILES string of the molecule is COCCCCC1(CNC(=O)C2CC(NS(=O)(=O)c3c(C)cc(C)cc3C)CN(C(=O)OCC3c4ccccc4-c4ccccc43)C2)c2ccccc2Oc2ccccc21. The topological polar surface area (TPSA) is 123 Å². The first-order valence-corrected chi connectivity index (χ1v) is 22.3. The highest BCUT2D eigenvalue weighted by molar-refractivity contribution is 7.89. The second-order valence-corrected chi connectivity index (χ2v) is 18.2. The number of ether oxygens (including phenoxy) is 3. The van der Waals surface area contributed by atoms with Gasteiger partial charge < -0.3 is 24.4 Å². The number of benzene rings is 5. The fourth-order valence-corrected chi connectivity index (χ4v) is 11.5. The number of nitrogens with zero attached hydrogens (tertiary/aromatic N) is 1. The van der Waals surface area contributed by atoms with Gasteiger partial charge in [-0.25, -0.2) is 17.9 Å². The van der Waals surface area contributed by atoms with E-state index >= 15 is 0 Å². The first kappa shape index (κ1) is 41.3. The van der Waals surface area contributed by atoms with Crippen LogP contribution in [-0.2, 0) is 29.7 Å². The summed E-state index contributed by atoms with van der Waals surface area (Å²) < 4.78 is 49.0. The Morgan fingerprint density at radius 1 is 0.800 bits per heavy atom. The normalized spacial score (nSPS) is 17.8. The lowest BCUT2D eigenvalue weighted by Crippen LogP contribution is -2.56. The standard InChI is InChI=1S/C49H53N3O7S/c1-32-25-33(2)46(34(3)26-32)60(55,56)51-36-27-35(28-52(29-36)48(54)58-30-41-39-17-7-5-15-37(39)38-16-6-8-18-40(38)41)47(53)50-31-49(23-13-14-24-57-4)42-19-9-11-21-44(42)59-45-22-12-10-20-43(45)49/h5-12,15-22,25-26,35-36,41,51H,13-14,23-24,27-31H2,1-4H3,(H,50,53). The molecule has 2 aliphatic heterocycles. The Labute approximate surface area is 353 Å². The van der Waals surface area contributed by atoms with E-state index in [0.717, 1.165) is 69.7 Å². The van der Waals surface area contributed by atoms with E-state index in [9.17, 15) is 18.0 Å². The molecule has 8 rings (SSSR count). The van der Waals surface area contributed by atoms with Gasteiger partial charge in [0.15, 0.2) is 0 Å². The molecule has 0 radical (unpaired) electrons. The predicted octanol–water partition coefficient (Wildman–Crippen LogP) is 8.55. The van der Waals surface area contributed by atoms with Crippen molar-refractivity contribution in [3.8, 4) is 22.6 Å². The van der Waals surface area contributed by atoms with Crippen molar-refractivity contribution >= 4 is 22.0 Å². The van der Waals surface area contributed by atoms with Gasteiger partial charge in [-0.1, -0.05) is 103 Å². The van der Waals surface area contributed by atoms with E-state index in [1.807, 2.05) is 79.7 Å². The minimum absolute atomic E-state index is 0.0468. The number of fused-ring (bicyclic) bond motifs is 5. The summed E-state index contributed by atoms with van der Waals surface area (Å²) in [5.41, 5.74) is 7.99. The number of carbonyl (C=O) groups excluding carboxylic acids is 2. The molecule has 1 saturated heterocycles. The lowest BCUT2D eigenvalue weighted by Gasteiger charge is -2.41. The number of likely N-dealkylation sites (tertiary alicyclic amines) is 1. The van der Waals surface area contributed by atoms with Gasteiger partial charge in [0.05, 0.1) is 10.8 Å². The van der Waals surface area contributed by atoms with Gasteiger partial charge in [-0.15, -0.1) is 0 Å². The summed E-state index contributed by atoms with van der Waals surface area (Å²) in [6.45, 7) is 6.61. The van der Waals surface area contributed by atoms with Crippen LogP contribution < -0.4 is 14.8 Å². The van der Waals surface area contributed by atoms with Gasteiger partial charge in [-0.05, 0) is 92.0 Å². The van der Waals surface area contributed by atoms with E-state index in [2.05, 4.69) is 46.4 Å². The predicted molar refractivity (Wildman–Crippen MR) is 232 cm³/mol. The number of nitrogens with one attached hydrogen (secondary N) is 2. The van der Waals surface area contributed by atoms with Gasteiger partial charge in [0, 0.05) is 61.9 Å². The molecule has 5 aromatic rings. The summed E-state index contributed by atoms with van der Waals surface area (Å²) >= 11 is 0. The van der Waals surface area contributed by atoms with Crippen LogP contribution in [-0.4, -0.2) is 71.3 Å². The van der Waals surface area contributed by atoms with Crippen molar-refractivity contribution in [1.82, 2.24) is 14.9 Å². The second kappa shape index (κ2) is 17.2. The smallest absolute Gasteiger partial charge is 0.409 e. The molecule has 11 heteroatoms. The molecule has 0 spiro atoms. The van der Waals surface area contributed by atoms with Gasteiger partial charge in [0.2, 0.25) is 15.9 Å². The van der Waals surface area contributed by atoms with Crippen LogP contribution in [0.3, 0.4) is 0 Å². The molecular formula is C49H53N3O7S. The van der Waals surface area contributed by atoms with E-state index in [1.165, 1.54) is 4.90 Å². The van der Waals surface area contributed by atoms with Crippen molar-refractivity contribution in [2.75, 3.05) is 40.0 Å². The number of amides is 2. The highest BCUT2D eigenvalue weighted by Gasteiger charge is 2.44. The minimum Gasteiger partial charge on any atom is -0.457 e. The molecular weight excluding hydrogens is 775 g/mol.